The molecule has 1 aromatic carbocycles. The molecule has 0 radical (unpaired) electrons. The van der Waals surface area contributed by atoms with Crippen molar-refractivity contribution in [3.8, 4) is 0 Å². The molecule has 2 nitrogen and oxygen atoms in total. The lowest BCUT2D eigenvalue weighted by atomic mass is 10.0. The van der Waals surface area contributed by atoms with E-state index in [9.17, 15) is 8.78 Å². The highest BCUT2D eigenvalue weighted by Gasteiger charge is 2.14. The molecule has 0 aliphatic heterocycles. The van der Waals surface area contributed by atoms with Crippen LogP contribution in [-0.2, 0) is 11.2 Å². The van der Waals surface area contributed by atoms with Crippen molar-refractivity contribution < 1.29 is 13.5 Å². The van der Waals surface area contributed by atoms with Gasteiger partial charge in [-0.15, -0.1) is 0 Å². The normalized spacial score (nSPS) is 12.8. The zero-order chi connectivity index (χ0) is 12.0. The molecule has 1 N–H and O–H groups in total. The van der Waals surface area contributed by atoms with Crippen LogP contribution in [0.4, 0.5) is 8.78 Å². The Morgan fingerprint density at radius 3 is 2.44 bits per heavy atom. The van der Waals surface area contributed by atoms with Crippen LogP contribution in [0.2, 0.25) is 0 Å². The third-order valence-electron chi connectivity index (χ3n) is 2.59. The van der Waals surface area contributed by atoms with Gasteiger partial charge in [0.1, 0.15) is 11.6 Å². The number of rotatable bonds is 6. The molecular formula is C12H17F2NO. The average molecular weight is 229 g/mol. The molecule has 4 heteroatoms. The zero-order valence-electron chi connectivity index (χ0n) is 9.59. The summed E-state index contributed by atoms with van der Waals surface area (Å²) >= 11 is 0. The number of ether oxygens (including phenoxy) is 1. The van der Waals surface area contributed by atoms with Gasteiger partial charge in [-0.3, -0.25) is 0 Å². The van der Waals surface area contributed by atoms with Crippen LogP contribution in [0, 0.1) is 11.6 Å². The first-order chi connectivity index (χ1) is 7.69. The molecule has 1 atom stereocenters. The Bertz CT molecular complexity index is 311. The highest BCUT2D eigenvalue weighted by Crippen LogP contribution is 2.15. The monoisotopic (exact) mass is 229 g/mol. The van der Waals surface area contributed by atoms with Gasteiger partial charge in [0.15, 0.2) is 0 Å². The van der Waals surface area contributed by atoms with Gasteiger partial charge in [-0.25, -0.2) is 8.78 Å². The van der Waals surface area contributed by atoms with Crippen LogP contribution >= 0.6 is 0 Å². The summed E-state index contributed by atoms with van der Waals surface area (Å²) in [5, 5.41) is 3.03. The maximum absolute atomic E-state index is 13.4. The van der Waals surface area contributed by atoms with E-state index >= 15 is 0 Å². The van der Waals surface area contributed by atoms with Crippen molar-refractivity contribution in [2.75, 3.05) is 20.8 Å². The second-order valence-electron chi connectivity index (χ2n) is 3.67. The van der Waals surface area contributed by atoms with E-state index < -0.39 is 11.6 Å². The van der Waals surface area contributed by atoms with Crippen molar-refractivity contribution in [1.29, 1.82) is 0 Å². The van der Waals surface area contributed by atoms with Gasteiger partial charge < -0.3 is 10.1 Å². The van der Waals surface area contributed by atoms with Crippen molar-refractivity contribution in [2.24, 2.45) is 0 Å². The Hall–Kier alpha value is -1.00. The van der Waals surface area contributed by atoms with Crippen molar-refractivity contribution in [3.05, 3.63) is 35.4 Å². The number of hydrogen-bond donors (Lipinski definition) is 1. The van der Waals surface area contributed by atoms with Crippen molar-refractivity contribution >= 4 is 0 Å². The highest BCUT2D eigenvalue weighted by atomic mass is 19.1. The van der Waals surface area contributed by atoms with E-state index in [-0.39, 0.29) is 11.6 Å². The lowest BCUT2D eigenvalue weighted by molar-refractivity contribution is 0.183. The predicted molar refractivity (Wildman–Crippen MR) is 59.4 cm³/mol. The Balaban J connectivity index is 2.69. The molecule has 90 valence electrons. The minimum atomic E-state index is -0.488. The minimum absolute atomic E-state index is 0.0198. The largest absolute Gasteiger partial charge is 0.385 e. The van der Waals surface area contributed by atoms with E-state index in [4.69, 9.17) is 4.74 Å². The molecule has 0 aliphatic rings. The van der Waals surface area contributed by atoms with Crippen LogP contribution in [0.5, 0.6) is 0 Å². The summed E-state index contributed by atoms with van der Waals surface area (Å²) in [7, 11) is 3.38. The second-order valence-corrected chi connectivity index (χ2v) is 3.67. The van der Waals surface area contributed by atoms with Gasteiger partial charge >= 0.3 is 0 Å². The molecular weight excluding hydrogens is 212 g/mol. The average Bonchev–Trinajstić information content (AvgIpc) is 2.28. The first kappa shape index (κ1) is 13.1. The van der Waals surface area contributed by atoms with Gasteiger partial charge in [0.05, 0.1) is 0 Å². The summed E-state index contributed by atoms with van der Waals surface area (Å²) in [6, 6.07) is 3.95. The van der Waals surface area contributed by atoms with E-state index in [1.54, 1.807) is 14.2 Å². The number of likely N-dealkylation sites (N-methyl/N-ethyl adjacent to an activating group) is 1. The smallest absolute Gasteiger partial charge is 0.129 e. The lowest BCUT2D eigenvalue weighted by Crippen LogP contribution is -2.29. The number of halogens is 2. The number of hydrogen-bond acceptors (Lipinski definition) is 2. The lowest BCUT2D eigenvalue weighted by Gasteiger charge is -2.16. The van der Waals surface area contributed by atoms with Gasteiger partial charge in [-0.2, -0.15) is 0 Å². The van der Waals surface area contributed by atoms with Gasteiger partial charge in [0.25, 0.3) is 0 Å². The van der Waals surface area contributed by atoms with Crippen LogP contribution in [-0.4, -0.2) is 26.8 Å². The van der Waals surface area contributed by atoms with E-state index in [0.29, 0.717) is 13.0 Å². The molecule has 0 aliphatic carbocycles. The van der Waals surface area contributed by atoms with Gasteiger partial charge in [0, 0.05) is 25.3 Å². The minimum Gasteiger partial charge on any atom is -0.385 e. The van der Waals surface area contributed by atoms with Crippen LogP contribution in [0.25, 0.3) is 0 Å². The molecule has 16 heavy (non-hydrogen) atoms. The third-order valence-corrected chi connectivity index (χ3v) is 2.59. The topological polar surface area (TPSA) is 21.3 Å². The predicted octanol–water partition coefficient (Wildman–Crippen LogP) is 2.13. The van der Waals surface area contributed by atoms with Crippen LogP contribution in [0.3, 0.4) is 0 Å². The molecule has 1 unspecified atom stereocenters. The summed E-state index contributed by atoms with van der Waals surface area (Å²) in [5.74, 6) is -0.977. The molecule has 1 rings (SSSR count). The summed E-state index contributed by atoms with van der Waals surface area (Å²) in [6.45, 7) is 0.571. The van der Waals surface area contributed by atoms with Gasteiger partial charge in [0.2, 0.25) is 0 Å². The Morgan fingerprint density at radius 2 is 1.94 bits per heavy atom. The van der Waals surface area contributed by atoms with Crippen LogP contribution in [0.15, 0.2) is 18.2 Å². The number of benzene rings is 1. The molecule has 0 aromatic heterocycles. The van der Waals surface area contributed by atoms with Crippen LogP contribution in [0.1, 0.15) is 12.0 Å². The SMILES string of the molecule is CNC(CCOC)Cc1c(F)cccc1F. The fourth-order valence-electron chi connectivity index (χ4n) is 1.58. The maximum Gasteiger partial charge on any atom is 0.129 e. The summed E-state index contributed by atoms with van der Waals surface area (Å²) < 4.78 is 31.7. The summed E-state index contributed by atoms with van der Waals surface area (Å²) in [4.78, 5) is 0. The van der Waals surface area contributed by atoms with Crippen LogP contribution < -0.4 is 5.32 Å². The number of nitrogens with one attached hydrogen (secondary N) is 1. The maximum atomic E-state index is 13.4. The second kappa shape index (κ2) is 6.55. The molecule has 1 aromatic rings. The van der Waals surface area contributed by atoms with Crippen molar-refractivity contribution in [2.45, 2.75) is 18.9 Å². The molecule has 0 saturated carbocycles. The van der Waals surface area contributed by atoms with Gasteiger partial charge in [-0.05, 0) is 32.0 Å². The van der Waals surface area contributed by atoms with Crippen molar-refractivity contribution in [3.63, 3.8) is 0 Å². The molecule has 0 spiro atoms. The zero-order valence-corrected chi connectivity index (χ0v) is 9.59. The molecule has 0 heterocycles. The Kier molecular flexibility index (Phi) is 5.35. The summed E-state index contributed by atoms with van der Waals surface area (Å²) in [5.41, 5.74) is 0.137. The highest BCUT2D eigenvalue weighted by molar-refractivity contribution is 5.20. The molecule has 0 fully saturated rings. The van der Waals surface area contributed by atoms with Crippen molar-refractivity contribution in [1.82, 2.24) is 5.32 Å². The first-order valence-corrected chi connectivity index (χ1v) is 5.28. The summed E-state index contributed by atoms with van der Waals surface area (Å²) in [6.07, 6.45) is 1.05. The third kappa shape index (κ3) is 3.54. The fraction of sp³-hybridized carbons (Fsp3) is 0.500. The van der Waals surface area contributed by atoms with E-state index in [1.165, 1.54) is 18.2 Å². The molecule has 0 amide bonds. The fourth-order valence-corrected chi connectivity index (χ4v) is 1.58. The Labute approximate surface area is 94.6 Å². The quantitative estimate of drug-likeness (QED) is 0.807. The van der Waals surface area contributed by atoms with E-state index in [0.717, 1.165) is 6.42 Å². The van der Waals surface area contributed by atoms with Gasteiger partial charge in [-0.1, -0.05) is 6.07 Å². The molecule has 0 bridgehead atoms. The standard InChI is InChI=1S/C12H17F2NO/c1-15-9(6-7-16-2)8-10-11(13)4-3-5-12(10)14/h3-5,9,15H,6-8H2,1-2H3. The Morgan fingerprint density at radius 1 is 1.31 bits per heavy atom. The van der Waals surface area contributed by atoms with E-state index in [1.807, 2.05) is 0 Å². The number of methoxy groups -OCH3 is 1. The molecule has 0 saturated heterocycles. The first-order valence-electron chi connectivity index (χ1n) is 5.28. The van der Waals surface area contributed by atoms with E-state index in [2.05, 4.69) is 5.32 Å².